The second-order valence-electron chi connectivity index (χ2n) is 5.97. The predicted octanol–water partition coefficient (Wildman–Crippen LogP) is 2.28. The molecule has 6 nitrogen and oxygen atoms in total. The minimum Gasteiger partial charge on any atom is -0.339 e. The number of hydrogen-bond donors (Lipinski definition) is 1. The third kappa shape index (κ3) is 2.45. The number of hydrogen-bond acceptors (Lipinski definition) is 4. The number of imidazole rings is 1. The van der Waals surface area contributed by atoms with Crippen molar-refractivity contribution < 1.29 is 0 Å². The molecule has 1 aliphatic heterocycles. The Labute approximate surface area is 129 Å². The summed E-state index contributed by atoms with van der Waals surface area (Å²) in [5, 5.41) is 7.43. The first-order valence-electron chi connectivity index (χ1n) is 7.90. The molecule has 1 N–H and O–H groups in total. The van der Waals surface area contributed by atoms with Crippen LogP contribution in [0.25, 0.3) is 5.65 Å². The molecule has 0 aromatic carbocycles. The molecule has 1 unspecified atom stereocenters. The maximum atomic E-state index is 4.64. The third-order valence-electron chi connectivity index (χ3n) is 4.43. The fourth-order valence-corrected chi connectivity index (χ4v) is 3.10. The zero-order chi connectivity index (χ0) is 14.9. The van der Waals surface area contributed by atoms with E-state index in [2.05, 4.69) is 32.0 Å². The number of pyridine rings is 1. The van der Waals surface area contributed by atoms with Crippen molar-refractivity contribution in [2.75, 3.05) is 18.0 Å². The first-order chi connectivity index (χ1) is 10.8. The van der Waals surface area contributed by atoms with Crippen molar-refractivity contribution in [3.63, 3.8) is 0 Å². The molecule has 114 valence electrons. The Kier molecular flexibility index (Phi) is 3.29. The van der Waals surface area contributed by atoms with Gasteiger partial charge in [0.25, 0.3) is 0 Å². The van der Waals surface area contributed by atoms with Gasteiger partial charge in [-0.05, 0) is 24.5 Å². The smallest absolute Gasteiger partial charge is 0.244 e. The Balaban J connectivity index is 1.49. The van der Waals surface area contributed by atoms with E-state index in [1.807, 2.05) is 35.0 Å². The van der Waals surface area contributed by atoms with E-state index in [1.54, 1.807) is 0 Å². The summed E-state index contributed by atoms with van der Waals surface area (Å²) in [6, 6.07) is 6.00. The Bertz CT molecular complexity index is 741. The maximum absolute atomic E-state index is 4.64. The molecule has 3 aromatic heterocycles. The summed E-state index contributed by atoms with van der Waals surface area (Å²) in [5.41, 5.74) is 1.96. The maximum Gasteiger partial charge on any atom is 0.244 e. The number of nitrogens with zero attached hydrogens (tertiary/aromatic N) is 5. The van der Waals surface area contributed by atoms with Gasteiger partial charge in [-0.3, -0.25) is 5.10 Å². The Morgan fingerprint density at radius 1 is 1.32 bits per heavy atom. The molecule has 0 aliphatic carbocycles. The number of nitrogens with one attached hydrogen (secondary N) is 1. The zero-order valence-electron chi connectivity index (χ0n) is 12.7. The molecule has 4 rings (SSSR count). The fraction of sp³-hybridized carbons (Fsp3) is 0.438. The molecule has 0 bridgehead atoms. The summed E-state index contributed by atoms with van der Waals surface area (Å²) >= 11 is 0. The summed E-state index contributed by atoms with van der Waals surface area (Å²) in [6.07, 6.45) is 7.20. The van der Waals surface area contributed by atoms with E-state index in [-0.39, 0.29) is 0 Å². The number of aromatic amines is 1. The van der Waals surface area contributed by atoms with Gasteiger partial charge in [0, 0.05) is 25.5 Å². The minimum absolute atomic E-state index is 0.680. The lowest BCUT2D eigenvalue weighted by molar-refractivity contribution is 0.568. The number of fused-ring (bicyclic) bond motifs is 1. The monoisotopic (exact) mass is 296 g/mol. The van der Waals surface area contributed by atoms with Crippen LogP contribution in [0.5, 0.6) is 0 Å². The van der Waals surface area contributed by atoms with Crippen LogP contribution in [-0.2, 0) is 6.42 Å². The average molecular weight is 296 g/mol. The third-order valence-corrected chi connectivity index (χ3v) is 4.43. The first kappa shape index (κ1) is 13.3. The lowest BCUT2D eigenvalue weighted by Crippen LogP contribution is -2.20. The van der Waals surface area contributed by atoms with Crippen molar-refractivity contribution in [1.29, 1.82) is 0 Å². The van der Waals surface area contributed by atoms with Crippen LogP contribution >= 0.6 is 0 Å². The van der Waals surface area contributed by atoms with Crippen LogP contribution < -0.4 is 4.90 Å². The molecule has 1 atom stereocenters. The van der Waals surface area contributed by atoms with Gasteiger partial charge in [-0.15, -0.1) is 5.10 Å². The van der Waals surface area contributed by atoms with Crippen LogP contribution in [0.15, 0.2) is 30.6 Å². The van der Waals surface area contributed by atoms with Gasteiger partial charge in [-0.1, -0.05) is 19.4 Å². The van der Waals surface area contributed by atoms with E-state index in [9.17, 15) is 0 Å². The average Bonchev–Trinajstić information content (AvgIpc) is 3.25. The first-order valence-corrected chi connectivity index (χ1v) is 7.90. The molecule has 0 spiro atoms. The van der Waals surface area contributed by atoms with E-state index < -0.39 is 0 Å². The van der Waals surface area contributed by atoms with E-state index in [0.29, 0.717) is 6.42 Å². The van der Waals surface area contributed by atoms with Gasteiger partial charge in [0.05, 0.1) is 12.1 Å². The molecule has 22 heavy (non-hydrogen) atoms. The SMILES string of the molecule is CCC1CCN(c2n[nH]c(Cc3cn4ccccc4n3)n2)C1. The van der Waals surface area contributed by atoms with E-state index in [0.717, 1.165) is 42.1 Å². The van der Waals surface area contributed by atoms with Crippen molar-refractivity contribution in [3.05, 3.63) is 42.1 Å². The summed E-state index contributed by atoms with van der Waals surface area (Å²) in [6.45, 7) is 4.38. The van der Waals surface area contributed by atoms with Gasteiger partial charge in [-0.25, -0.2) is 4.98 Å². The van der Waals surface area contributed by atoms with Crippen LogP contribution in [0.1, 0.15) is 31.3 Å². The normalized spacial score (nSPS) is 18.4. The molecular weight excluding hydrogens is 276 g/mol. The van der Waals surface area contributed by atoms with Gasteiger partial charge < -0.3 is 9.30 Å². The van der Waals surface area contributed by atoms with Gasteiger partial charge in [-0.2, -0.15) is 4.98 Å². The molecule has 1 saturated heterocycles. The second kappa shape index (κ2) is 5.44. The highest BCUT2D eigenvalue weighted by molar-refractivity contribution is 5.40. The number of aromatic nitrogens is 5. The molecule has 0 saturated carbocycles. The second-order valence-corrected chi connectivity index (χ2v) is 5.97. The Morgan fingerprint density at radius 3 is 3.09 bits per heavy atom. The van der Waals surface area contributed by atoms with Gasteiger partial charge in [0.2, 0.25) is 5.95 Å². The van der Waals surface area contributed by atoms with Gasteiger partial charge in [0.1, 0.15) is 11.5 Å². The molecule has 6 heteroatoms. The van der Waals surface area contributed by atoms with E-state index >= 15 is 0 Å². The van der Waals surface area contributed by atoms with Crippen LogP contribution in [-0.4, -0.2) is 37.7 Å². The van der Waals surface area contributed by atoms with E-state index in [4.69, 9.17) is 0 Å². The van der Waals surface area contributed by atoms with Crippen molar-refractivity contribution in [3.8, 4) is 0 Å². The lowest BCUT2D eigenvalue weighted by Gasteiger charge is -2.12. The van der Waals surface area contributed by atoms with Crippen LogP contribution in [0.2, 0.25) is 0 Å². The van der Waals surface area contributed by atoms with Gasteiger partial charge >= 0.3 is 0 Å². The lowest BCUT2D eigenvalue weighted by atomic mass is 10.1. The highest BCUT2D eigenvalue weighted by atomic mass is 15.4. The minimum atomic E-state index is 0.680. The van der Waals surface area contributed by atoms with Crippen molar-refractivity contribution in [2.45, 2.75) is 26.2 Å². The topological polar surface area (TPSA) is 62.1 Å². The predicted molar refractivity (Wildman–Crippen MR) is 85.0 cm³/mol. The molecule has 4 heterocycles. The summed E-state index contributed by atoms with van der Waals surface area (Å²) in [7, 11) is 0. The zero-order valence-corrected chi connectivity index (χ0v) is 12.7. The molecule has 1 fully saturated rings. The van der Waals surface area contributed by atoms with Gasteiger partial charge in [0.15, 0.2) is 0 Å². The fourth-order valence-electron chi connectivity index (χ4n) is 3.10. The number of H-pyrrole nitrogens is 1. The van der Waals surface area contributed by atoms with Crippen molar-refractivity contribution >= 4 is 11.6 Å². The Morgan fingerprint density at radius 2 is 2.27 bits per heavy atom. The van der Waals surface area contributed by atoms with Crippen molar-refractivity contribution in [2.24, 2.45) is 5.92 Å². The Hall–Kier alpha value is -2.37. The number of rotatable bonds is 4. The largest absolute Gasteiger partial charge is 0.339 e. The molecule has 0 amide bonds. The standard InChI is InChI=1S/C16H20N6/c1-2-12-6-8-22(10-12)16-18-14(19-20-16)9-13-11-21-7-4-3-5-15(21)17-13/h3-5,7,11-12H,2,6,8-10H2,1H3,(H,18,19,20). The van der Waals surface area contributed by atoms with Crippen molar-refractivity contribution in [1.82, 2.24) is 24.6 Å². The van der Waals surface area contributed by atoms with Crippen LogP contribution in [0.3, 0.4) is 0 Å². The summed E-state index contributed by atoms with van der Waals surface area (Å²) < 4.78 is 2.03. The highest BCUT2D eigenvalue weighted by Gasteiger charge is 2.23. The summed E-state index contributed by atoms with van der Waals surface area (Å²) in [5.74, 6) is 2.48. The number of anilines is 1. The molecule has 0 radical (unpaired) electrons. The van der Waals surface area contributed by atoms with Crippen LogP contribution in [0.4, 0.5) is 5.95 Å². The van der Waals surface area contributed by atoms with E-state index in [1.165, 1.54) is 12.8 Å². The quantitative estimate of drug-likeness (QED) is 0.802. The highest BCUT2D eigenvalue weighted by Crippen LogP contribution is 2.22. The van der Waals surface area contributed by atoms with Crippen LogP contribution in [0, 0.1) is 5.92 Å². The molecule has 3 aromatic rings. The summed E-state index contributed by atoms with van der Waals surface area (Å²) in [4.78, 5) is 11.5. The molecular formula is C16H20N6. The molecule has 1 aliphatic rings.